The van der Waals surface area contributed by atoms with Gasteiger partial charge in [0.1, 0.15) is 12.3 Å². The predicted molar refractivity (Wildman–Crippen MR) is 96.9 cm³/mol. The van der Waals surface area contributed by atoms with Crippen molar-refractivity contribution in [3.05, 3.63) is 46.6 Å². The van der Waals surface area contributed by atoms with Crippen molar-refractivity contribution in [3.63, 3.8) is 0 Å². The van der Waals surface area contributed by atoms with Crippen LogP contribution in [-0.2, 0) is 18.7 Å². The molecule has 0 saturated carbocycles. The van der Waals surface area contributed by atoms with E-state index < -0.39 is 0 Å². The number of aryl methyl sites for hydroxylation is 2. The standard InChI is InChI=1S/C16H16N6O2S2/c1-3-12-10(2)7-13(26-12)15-18-17-14(24-15)9-25-16-19-20-21-22(16)8-11-5-4-6-23-11/h4-7H,3,8-9H2,1-2H3. The zero-order valence-electron chi connectivity index (χ0n) is 14.2. The number of tetrazole rings is 1. The SMILES string of the molecule is CCc1sc(-c2nnc(CSc3nnnn3Cc3ccco3)o2)cc1C. The molecule has 8 nitrogen and oxygen atoms in total. The van der Waals surface area contributed by atoms with Crippen molar-refractivity contribution in [1.82, 2.24) is 30.4 Å². The van der Waals surface area contributed by atoms with Gasteiger partial charge in [-0.25, -0.2) is 4.68 Å². The van der Waals surface area contributed by atoms with E-state index in [0.29, 0.717) is 29.2 Å². The fourth-order valence-electron chi connectivity index (χ4n) is 2.46. The fraction of sp³-hybridized carbons (Fsp3) is 0.312. The zero-order chi connectivity index (χ0) is 17.9. The molecule has 4 heterocycles. The van der Waals surface area contributed by atoms with E-state index in [0.717, 1.165) is 17.1 Å². The molecule has 4 aromatic heterocycles. The van der Waals surface area contributed by atoms with Gasteiger partial charge in [-0.1, -0.05) is 18.7 Å². The number of hydrogen-bond acceptors (Lipinski definition) is 9. The second-order valence-corrected chi connectivity index (χ2v) is 7.64. The molecule has 26 heavy (non-hydrogen) atoms. The number of furan rings is 1. The summed E-state index contributed by atoms with van der Waals surface area (Å²) in [6, 6.07) is 5.81. The number of thiophene rings is 1. The number of aromatic nitrogens is 6. The van der Waals surface area contributed by atoms with Crippen LogP contribution in [0, 0.1) is 6.92 Å². The first-order chi connectivity index (χ1) is 12.7. The molecular weight excluding hydrogens is 372 g/mol. The first-order valence-electron chi connectivity index (χ1n) is 8.06. The highest BCUT2D eigenvalue weighted by Crippen LogP contribution is 2.31. The van der Waals surface area contributed by atoms with Crippen LogP contribution < -0.4 is 0 Å². The Kier molecular flexibility index (Phi) is 4.85. The van der Waals surface area contributed by atoms with Gasteiger partial charge < -0.3 is 8.83 Å². The van der Waals surface area contributed by atoms with Gasteiger partial charge in [-0.3, -0.25) is 0 Å². The van der Waals surface area contributed by atoms with Crippen LogP contribution in [0.3, 0.4) is 0 Å². The van der Waals surface area contributed by atoms with Gasteiger partial charge >= 0.3 is 0 Å². The second kappa shape index (κ2) is 7.42. The highest BCUT2D eigenvalue weighted by atomic mass is 32.2. The molecule has 0 N–H and O–H groups in total. The molecule has 0 spiro atoms. The van der Waals surface area contributed by atoms with E-state index in [1.165, 1.54) is 22.2 Å². The Morgan fingerprint density at radius 2 is 2.19 bits per heavy atom. The molecule has 4 rings (SSSR count). The van der Waals surface area contributed by atoms with Crippen molar-refractivity contribution in [1.29, 1.82) is 0 Å². The highest BCUT2D eigenvalue weighted by molar-refractivity contribution is 7.98. The molecule has 0 aliphatic heterocycles. The average molecular weight is 388 g/mol. The predicted octanol–water partition coefficient (Wildman–Crippen LogP) is 3.59. The Morgan fingerprint density at radius 3 is 2.96 bits per heavy atom. The van der Waals surface area contributed by atoms with Crippen molar-refractivity contribution in [3.8, 4) is 10.8 Å². The number of nitrogens with zero attached hydrogens (tertiary/aromatic N) is 6. The van der Waals surface area contributed by atoms with Crippen LogP contribution in [0.5, 0.6) is 0 Å². The van der Waals surface area contributed by atoms with Crippen LogP contribution in [0.25, 0.3) is 10.8 Å². The Morgan fingerprint density at radius 1 is 1.27 bits per heavy atom. The van der Waals surface area contributed by atoms with Gasteiger partial charge in [0.15, 0.2) is 0 Å². The lowest BCUT2D eigenvalue weighted by Gasteiger charge is -2.00. The van der Waals surface area contributed by atoms with Crippen LogP contribution in [0.2, 0.25) is 0 Å². The molecule has 0 aromatic carbocycles. The maximum atomic E-state index is 5.80. The molecule has 0 saturated heterocycles. The summed E-state index contributed by atoms with van der Waals surface area (Å²) in [5.41, 5.74) is 1.26. The Bertz CT molecular complexity index is 988. The summed E-state index contributed by atoms with van der Waals surface area (Å²) in [5.74, 6) is 2.39. The topological polar surface area (TPSA) is 95.7 Å². The van der Waals surface area contributed by atoms with Crippen molar-refractivity contribution in [2.45, 2.75) is 37.7 Å². The molecule has 0 radical (unpaired) electrons. The van der Waals surface area contributed by atoms with E-state index in [1.807, 2.05) is 12.1 Å². The van der Waals surface area contributed by atoms with Gasteiger partial charge in [-0.05, 0) is 47.5 Å². The van der Waals surface area contributed by atoms with Gasteiger partial charge in [0.2, 0.25) is 11.0 Å². The summed E-state index contributed by atoms with van der Waals surface area (Å²) in [4.78, 5) is 2.34. The van der Waals surface area contributed by atoms with E-state index in [-0.39, 0.29) is 0 Å². The third-order valence-electron chi connectivity index (χ3n) is 3.73. The van der Waals surface area contributed by atoms with Crippen LogP contribution in [0.15, 0.2) is 38.5 Å². The van der Waals surface area contributed by atoms with Crippen molar-refractivity contribution < 1.29 is 8.83 Å². The lowest BCUT2D eigenvalue weighted by Crippen LogP contribution is -2.03. The second-order valence-electron chi connectivity index (χ2n) is 5.56. The molecule has 4 aromatic rings. The molecular formula is C16H16N6O2S2. The lowest BCUT2D eigenvalue weighted by molar-refractivity contribution is 0.462. The summed E-state index contributed by atoms with van der Waals surface area (Å²) >= 11 is 3.14. The summed E-state index contributed by atoms with van der Waals surface area (Å²) in [5, 5.41) is 20.7. The Balaban J connectivity index is 1.43. The third kappa shape index (κ3) is 3.56. The summed E-state index contributed by atoms with van der Waals surface area (Å²) in [6.45, 7) is 4.72. The maximum Gasteiger partial charge on any atom is 0.257 e. The minimum absolute atomic E-state index is 0.478. The Hall–Kier alpha value is -2.46. The van der Waals surface area contributed by atoms with E-state index in [2.05, 4.69) is 45.6 Å². The molecule has 0 fully saturated rings. The number of rotatable bonds is 7. The van der Waals surface area contributed by atoms with Gasteiger partial charge in [-0.15, -0.1) is 26.6 Å². The molecule has 0 unspecified atom stereocenters. The first-order valence-corrected chi connectivity index (χ1v) is 9.86. The lowest BCUT2D eigenvalue weighted by atomic mass is 10.2. The van der Waals surface area contributed by atoms with Crippen molar-refractivity contribution in [2.24, 2.45) is 0 Å². The van der Waals surface area contributed by atoms with Crippen molar-refractivity contribution >= 4 is 23.1 Å². The van der Waals surface area contributed by atoms with Crippen LogP contribution in [0.4, 0.5) is 0 Å². The largest absolute Gasteiger partial charge is 0.467 e. The molecule has 0 aliphatic carbocycles. The molecule has 0 amide bonds. The first kappa shape index (κ1) is 17.0. The highest BCUT2D eigenvalue weighted by Gasteiger charge is 2.15. The van der Waals surface area contributed by atoms with E-state index in [1.54, 1.807) is 22.3 Å². The summed E-state index contributed by atoms with van der Waals surface area (Å²) < 4.78 is 12.8. The number of hydrogen-bond donors (Lipinski definition) is 0. The number of thioether (sulfide) groups is 1. The van der Waals surface area contributed by atoms with Crippen LogP contribution in [-0.4, -0.2) is 30.4 Å². The van der Waals surface area contributed by atoms with Crippen LogP contribution in [0.1, 0.15) is 29.0 Å². The summed E-state index contributed by atoms with van der Waals surface area (Å²) in [7, 11) is 0. The van der Waals surface area contributed by atoms with E-state index in [9.17, 15) is 0 Å². The van der Waals surface area contributed by atoms with Crippen LogP contribution >= 0.6 is 23.1 Å². The normalized spacial score (nSPS) is 11.3. The molecule has 0 atom stereocenters. The van der Waals surface area contributed by atoms with Crippen molar-refractivity contribution in [2.75, 3.05) is 0 Å². The third-order valence-corrected chi connectivity index (χ3v) is 6.04. The zero-order valence-corrected chi connectivity index (χ0v) is 15.9. The van der Waals surface area contributed by atoms with E-state index >= 15 is 0 Å². The molecule has 0 aliphatic rings. The average Bonchev–Trinajstić information content (AvgIpc) is 3.41. The molecule has 134 valence electrons. The minimum atomic E-state index is 0.478. The smallest absolute Gasteiger partial charge is 0.257 e. The monoisotopic (exact) mass is 388 g/mol. The maximum absolute atomic E-state index is 5.80. The Labute approximate surface area is 157 Å². The van der Waals surface area contributed by atoms with Gasteiger partial charge in [0.05, 0.1) is 16.9 Å². The van der Waals surface area contributed by atoms with Gasteiger partial charge in [0.25, 0.3) is 5.89 Å². The minimum Gasteiger partial charge on any atom is -0.467 e. The fourth-order valence-corrected chi connectivity index (χ4v) is 4.21. The summed E-state index contributed by atoms with van der Waals surface area (Å²) in [6.07, 6.45) is 2.63. The molecule has 0 bridgehead atoms. The molecule has 10 heteroatoms. The van der Waals surface area contributed by atoms with Gasteiger partial charge in [-0.2, -0.15) is 0 Å². The van der Waals surface area contributed by atoms with Gasteiger partial charge in [0, 0.05) is 4.88 Å². The van der Waals surface area contributed by atoms with E-state index in [4.69, 9.17) is 8.83 Å². The quantitative estimate of drug-likeness (QED) is 0.443.